The summed E-state index contributed by atoms with van der Waals surface area (Å²) in [5.41, 5.74) is 1.71. The van der Waals surface area contributed by atoms with E-state index >= 15 is 0 Å². The van der Waals surface area contributed by atoms with Crippen molar-refractivity contribution in [1.82, 2.24) is 0 Å². The van der Waals surface area contributed by atoms with Crippen molar-refractivity contribution in [3.05, 3.63) is 35.4 Å². The standard InChI is InChI=1S/C14H18O2/c1-4-10(3)11-6-8-12(9-7-11)14(16)13(15)5-2/h6-10H,4-5H2,1-3H3. The molecule has 0 heterocycles. The van der Waals surface area contributed by atoms with E-state index in [9.17, 15) is 9.59 Å². The average molecular weight is 218 g/mol. The minimum absolute atomic E-state index is 0.270. The highest BCUT2D eigenvalue weighted by atomic mass is 16.2. The van der Waals surface area contributed by atoms with Crippen LogP contribution in [0.25, 0.3) is 0 Å². The van der Waals surface area contributed by atoms with Crippen LogP contribution in [0.4, 0.5) is 0 Å². The molecular weight excluding hydrogens is 200 g/mol. The molecule has 0 amide bonds. The number of benzene rings is 1. The van der Waals surface area contributed by atoms with E-state index in [1.165, 1.54) is 5.56 Å². The minimum atomic E-state index is -0.377. The molecule has 0 fully saturated rings. The van der Waals surface area contributed by atoms with E-state index in [1.807, 2.05) is 12.1 Å². The lowest BCUT2D eigenvalue weighted by atomic mass is 9.96. The summed E-state index contributed by atoms with van der Waals surface area (Å²) < 4.78 is 0. The molecule has 0 saturated heterocycles. The Hall–Kier alpha value is -1.44. The van der Waals surface area contributed by atoms with E-state index in [-0.39, 0.29) is 18.0 Å². The van der Waals surface area contributed by atoms with Gasteiger partial charge >= 0.3 is 0 Å². The van der Waals surface area contributed by atoms with Gasteiger partial charge in [0.2, 0.25) is 11.6 Å². The fourth-order valence-electron chi connectivity index (χ4n) is 1.52. The van der Waals surface area contributed by atoms with Gasteiger partial charge in [0.1, 0.15) is 0 Å². The Morgan fingerprint density at radius 2 is 1.69 bits per heavy atom. The lowest BCUT2D eigenvalue weighted by Gasteiger charge is -2.08. The maximum absolute atomic E-state index is 11.6. The molecule has 2 nitrogen and oxygen atoms in total. The molecule has 1 atom stereocenters. The quantitative estimate of drug-likeness (QED) is 0.561. The Bertz CT molecular complexity index is 376. The number of ketones is 2. The molecule has 0 aliphatic rings. The van der Waals surface area contributed by atoms with Gasteiger partial charge in [-0.1, -0.05) is 45.0 Å². The third-order valence-electron chi connectivity index (χ3n) is 2.93. The van der Waals surface area contributed by atoms with Gasteiger partial charge in [-0.3, -0.25) is 9.59 Å². The van der Waals surface area contributed by atoms with Crippen molar-refractivity contribution in [1.29, 1.82) is 0 Å². The summed E-state index contributed by atoms with van der Waals surface area (Å²) in [4.78, 5) is 22.8. The van der Waals surface area contributed by atoms with Crippen LogP contribution in [0.5, 0.6) is 0 Å². The summed E-state index contributed by atoms with van der Waals surface area (Å²) in [5, 5.41) is 0. The van der Waals surface area contributed by atoms with E-state index < -0.39 is 0 Å². The molecule has 0 aromatic heterocycles. The zero-order valence-corrected chi connectivity index (χ0v) is 10.1. The number of rotatable bonds is 5. The van der Waals surface area contributed by atoms with E-state index in [0.717, 1.165) is 6.42 Å². The summed E-state index contributed by atoms with van der Waals surface area (Å²) in [7, 11) is 0. The van der Waals surface area contributed by atoms with Crippen LogP contribution < -0.4 is 0 Å². The van der Waals surface area contributed by atoms with Crippen LogP contribution in [0.1, 0.15) is 55.5 Å². The van der Waals surface area contributed by atoms with Crippen LogP contribution in [0, 0.1) is 0 Å². The molecule has 1 aromatic carbocycles. The zero-order chi connectivity index (χ0) is 12.1. The highest BCUT2D eigenvalue weighted by molar-refractivity contribution is 6.43. The first-order valence-corrected chi connectivity index (χ1v) is 5.77. The van der Waals surface area contributed by atoms with Gasteiger partial charge in [0.15, 0.2) is 0 Å². The number of carbonyl (C=O) groups excluding carboxylic acids is 2. The number of hydrogen-bond donors (Lipinski definition) is 0. The summed E-state index contributed by atoms with van der Waals surface area (Å²) in [6.45, 7) is 5.98. The van der Waals surface area contributed by atoms with Crippen molar-refractivity contribution < 1.29 is 9.59 Å². The second-order valence-corrected chi connectivity index (χ2v) is 4.04. The van der Waals surface area contributed by atoms with Crippen molar-refractivity contribution in [2.24, 2.45) is 0 Å². The third-order valence-corrected chi connectivity index (χ3v) is 2.93. The molecular formula is C14H18O2. The molecule has 2 heteroatoms. The SMILES string of the molecule is CCC(=O)C(=O)c1ccc(C(C)CC)cc1. The molecule has 0 aliphatic carbocycles. The Morgan fingerprint density at radius 1 is 1.12 bits per heavy atom. The lowest BCUT2D eigenvalue weighted by Crippen LogP contribution is -2.12. The smallest absolute Gasteiger partial charge is 0.228 e. The largest absolute Gasteiger partial charge is 0.290 e. The van der Waals surface area contributed by atoms with Crippen molar-refractivity contribution in [3.8, 4) is 0 Å². The molecule has 0 bridgehead atoms. The summed E-state index contributed by atoms with van der Waals surface area (Å²) >= 11 is 0. The number of carbonyl (C=O) groups is 2. The molecule has 16 heavy (non-hydrogen) atoms. The number of hydrogen-bond acceptors (Lipinski definition) is 2. The monoisotopic (exact) mass is 218 g/mol. The van der Waals surface area contributed by atoms with E-state index in [4.69, 9.17) is 0 Å². The molecule has 0 aliphatic heterocycles. The van der Waals surface area contributed by atoms with Crippen LogP contribution in [0.2, 0.25) is 0 Å². The Labute approximate surface area is 96.7 Å². The van der Waals surface area contributed by atoms with Gasteiger partial charge in [0.05, 0.1) is 0 Å². The van der Waals surface area contributed by atoms with Crippen LogP contribution in [0.3, 0.4) is 0 Å². The molecule has 86 valence electrons. The van der Waals surface area contributed by atoms with Gasteiger partial charge in [-0.2, -0.15) is 0 Å². The number of Topliss-reactive ketones (excluding diaryl/α,β-unsaturated/α-hetero) is 2. The first-order valence-electron chi connectivity index (χ1n) is 5.77. The zero-order valence-electron chi connectivity index (χ0n) is 10.1. The first-order chi connectivity index (χ1) is 7.60. The van der Waals surface area contributed by atoms with Crippen molar-refractivity contribution >= 4 is 11.6 Å². The normalized spacial score (nSPS) is 12.2. The van der Waals surface area contributed by atoms with Crippen LogP contribution in [-0.2, 0) is 4.79 Å². The predicted octanol–water partition coefficient (Wildman–Crippen LogP) is 3.36. The Morgan fingerprint density at radius 3 is 2.12 bits per heavy atom. The molecule has 1 aromatic rings. The highest BCUT2D eigenvalue weighted by Crippen LogP contribution is 2.19. The van der Waals surface area contributed by atoms with Gasteiger partial charge in [-0.05, 0) is 17.9 Å². The Kier molecular flexibility index (Phi) is 4.41. The topological polar surface area (TPSA) is 34.1 Å². The fraction of sp³-hybridized carbons (Fsp3) is 0.429. The fourth-order valence-corrected chi connectivity index (χ4v) is 1.52. The summed E-state index contributed by atoms with van der Waals surface area (Å²) in [6, 6.07) is 7.36. The third kappa shape index (κ3) is 2.78. The molecule has 1 rings (SSSR count). The minimum Gasteiger partial charge on any atom is -0.290 e. The van der Waals surface area contributed by atoms with Crippen molar-refractivity contribution in [3.63, 3.8) is 0 Å². The summed E-state index contributed by atoms with van der Waals surface area (Å²) in [5.74, 6) is -0.208. The molecule has 0 saturated carbocycles. The van der Waals surface area contributed by atoms with E-state index in [1.54, 1.807) is 19.1 Å². The Balaban J connectivity index is 2.87. The van der Waals surface area contributed by atoms with Gasteiger partial charge in [0, 0.05) is 12.0 Å². The van der Waals surface area contributed by atoms with Crippen LogP contribution in [-0.4, -0.2) is 11.6 Å². The van der Waals surface area contributed by atoms with Crippen LogP contribution >= 0.6 is 0 Å². The molecule has 0 radical (unpaired) electrons. The lowest BCUT2D eigenvalue weighted by molar-refractivity contribution is -0.114. The van der Waals surface area contributed by atoms with Crippen molar-refractivity contribution in [2.75, 3.05) is 0 Å². The molecule has 0 spiro atoms. The molecule has 0 N–H and O–H groups in total. The molecule has 1 unspecified atom stereocenters. The van der Waals surface area contributed by atoms with Crippen LogP contribution in [0.15, 0.2) is 24.3 Å². The van der Waals surface area contributed by atoms with E-state index in [0.29, 0.717) is 11.5 Å². The second-order valence-electron chi connectivity index (χ2n) is 4.04. The second kappa shape index (κ2) is 5.59. The van der Waals surface area contributed by atoms with Gasteiger partial charge in [-0.15, -0.1) is 0 Å². The average Bonchev–Trinajstić information content (AvgIpc) is 2.36. The predicted molar refractivity (Wildman–Crippen MR) is 64.8 cm³/mol. The van der Waals surface area contributed by atoms with Gasteiger partial charge in [0.25, 0.3) is 0 Å². The van der Waals surface area contributed by atoms with Gasteiger partial charge in [-0.25, -0.2) is 0 Å². The maximum atomic E-state index is 11.6. The first kappa shape index (κ1) is 12.6. The van der Waals surface area contributed by atoms with Crippen molar-refractivity contribution in [2.45, 2.75) is 39.5 Å². The summed E-state index contributed by atoms with van der Waals surface area (Å²) in [6.07, 6.45) is 1.34. The van der Waals surface area contributed by atoms with E-state index in [2.05, 4.69) is 13.8 Å². The highest BCUT2D eigenvalue weighted by Gasteiger charge is 2.13. The maximum Gasteiger partial charge on any atom is 0.228 e. The van der Waals surface area contributed by atoms with Gasteiger partial charge < -0.3 is 0 Å².